The van der Waals surface area contributed by atoms with E-state index in [1.165, 1.54) is 105 Å². The van der Waals surface area contributed by atoms with E-state index in [0.29, 0.717) is 0 Å². The summed E-state index contributed by atoms with van der Waals surface area (Å²) in [6.07, 6.45) is 0. The molecule has 0 aliphatic carbocycles. The van der Waals surface area contributed by atoms with Gasteiger partial charge in [-0.25, -0.2) is 0 Å². The molecule has 2 nitrogen and oxygen atoms in total. The lowest BCUT2D eigenvalue weighted by Crippen LogP contribution is -1.98. The van der Waals surface area contributed by atoms with Crippen LogP contribution in [0.15, 0.2) is 233 Å². The van der Waals surface area contributed by atoms with Crippen LogP contribution in [0.25, 0.3) is 77.2 Å². The monoisotopic (exact) mass is 836 g/mol. The average Bonchev–Trinajstić information content (AvgIpc) is 3.83. The first kappa shape index (κ1) is 34.8. The lowest BCUT2D eigenvalue weighted by atomic mass is 10.0. The number of hydrogen-bond acceptors (Lipinski definition) is 4. The molecule has 2 aliphatic heterocycles. The molecule has 6 heteroatoms. The van der Waals surface area contributed by atoms with Crippen molar-refractivity contribution in [1.29, 1.82) is 0 Å². The molecule has 0 fully saturated rings. The largest absolute Gasteiger partial charge is 0.309 e. The summed E-state index contributed by atoms with van der Waals surface area (Å²) < 4.78 is 4.93. The molecule has 13 rings (SSSR count). The smallest absolute Gasteiger partial charge is 0.0553 e. The van der Waals surface area contributed by atoms with Gasteiger partial charge in [-0.3, -0.25) is 0 Å². The molecule has 0 atom stereocenters. The summed E-state index contributed by atoms with van der Waals surface area (Å²) in [4.78, 5) is 10.6. The summed E-state index contributed by atoms with van der Waals surface area (Å²) in [6, 6.07) is 71.7. The maximum absolute atomic E-state index is 2.47. The molecule has 0 N–H and O–H groups in total. The van der Waals surface area contributed by atoms with Gasteiger partial charge in [0.25, 0.3) is 0 Å². The second-order valence-corrected chi connectivity index (χ2v) is 19.5. The van der Waals surface area contributed by atoms with Crippen molar-refractivity contribution in [3.05, 3.63) is 194 Å². The Hall–Kier alpha value is -6.02. The SMILES string of the molecule is c1ccc(-c2ccc3c(c2)c2c4c(ccc2n3-c2ccc(-n3c5ccc(-c6ccccc6)cc5c5c6c(ccc53)Sc3ccccc3S6)cc2)Sc2ccccc2S4)cc1. The molecular formula is C54H32N2S4. The lowest BCUT2D eigenvalue weighted by Gasteiger charge is -2.19. The first-order valence-electron chi connectivity index (χ1n) is 20.1. The van der Waals surface area contributed by atoms with E-state index in [-0.39, 0.29) is 0 Å². The third-order valence-electron chi connectivity index (χ3n) is 11.8. The van der Waals surface area contributed by atoms with Crippen LogP contribution in [0.1, 0.15) is 0 Å². The maximum Gasteiger partial charge on any atom is 0.0553 e. The Balaban J connectivity index is 0.999. The van der Waals surface area contributed by atoms with E-state index in [9.17, 15) is 0 Å². The molecule has 2 aliphatic rings. The van der Waals surface area contributed by atoms with E-state index in [2.05, 4.69) is 203 Å². The molecule has 0 bridgehead atoms. The minimum Gasteiger partial charge on any atom is -0.309 e. The molecule has 11 aromatic rings. The second-order valence-electron chi connectivity index (χ2n) is 15.3. The van der Waals surface area contributed by atoms with Gasteiger partial charge >= 0.3 is 0 Å². The summed E-state index contributed by atoms with van der Waals surface area (Å²) in [6.45, 7) is 0. The Labute approximate surface area is 364 Å². The fourth-order valence-electron chi connectivity index (χ4n) is 9.11. The minimum absolute atomic E-state index is 1.15. The van der Waals surface area contributed by atoms with Crippen LogP contribution in [0.3, 0.4) is 0 Å². The summed E-state index contributed by atoms with van der Waals surface area (Å²) in [5.74, 6) is 0. The molecule has 0 saturated heterocycles. The highest BCUT2D eigenvalue weighted by atomic mass is 32.2. The van der Waals surface area contributed by atoms with Crippen LogP contribution in [-0.4, -0.2) is 9.13 Å². The molecule has 0 saturated carbocycles. The van der Waals surface area contributed by atoms with Crippen LogP contribution in [0.5, 0.6) is 0 Å². The number of fused-ring (bicyclic) bond motifs is 12. The molecule has 0 unspecified atom stereocenters. The molecule has 60 heavy (non-hydrogen) atoms. The number of rotatable bonds is 4. The van der Waals surface area contributed by atoms with Gasteiger partial charge in [0.15, 0.2) is 0 Å². The van der Waals surface area contributed by atoms with Gasteiger partial charge in [-0.1, -0.05) is 144 Å². The topological polar surface area (TPSA) is 9.86 Å². The summed E-state index contributed by atoms with van der Waals surface area (Å²) in [5, 5.41) is 5.18. The Morgan fingerprint density at radius 1 is 0.267 bits per heavy atom. The molecule has 0 amide bonds. The van der Waals surface area contributed by atoms with E-state index in [0.717, 1.165) is 11.4 Å². The zero-order valence-corrected chi connectivity index (χ0v) is 35.3. The number of aromatic nitrogens is 2. The average molecular weight is 837 g/mol. The van der Waals surface area contributed by atoms with Gasteiger partial charge in [-0.15, -0.1) is 0 Å². The zero-order valence-electron chi connectivity index (χ0n) is 32.0. The highest BCUT2D eigenvalue weighted by Crippen LogP contribution is 2.55. The molecule has 9 aromatic carbocycles. The molecule has 0 radical (unpaired) electrons. The summed E-state index contributed by atoms with van der Waals surface area (Å²) in [7, 11) is 0. The first-order valence-corrected chi connectivity index (χ1v) is 23.3. The number of nitrogens with zero attached hydrogens (tertiary/aromatic N) is 2. The predicted molar refractivity (Wildman–Crippen MR) is 255 cm³/mol. The standard InChI is InChI=1S/C54H32N2S4/c1-3-11-33(12-4-1)35-19-25-41-39(31-35)51-43(27-29-49-53(51)59-47-17-9-7-15-45(47)57-49)55(41)37-21-23-38(24-22-37)56-42-26-20-36(34-13-5-2-6-14-34)32-40(42)52-44(56)28-30-50-54(52)60-48-18-10-8-16-46(48)58-50/h1-32H. The van der Waals surface area contributed by atoms with E-state index in [4.69, 9.17) is 0 Å². The fraction of sp³-hybridized carbons (Fsp3) is 0. The van der Waals surface area contributed by atoms with Crippen LogP contribution in [0, 0.1) is 0 Å². The predicted octanol–water partition coefficient (Wildman–Crippen LogP) is 16.4. The molecule has 4 heterocycles. The normalized spacial score (nSPS) is 13.1. The molecular weight excluding hydrogens is 805 g/mol. The van der Waals surface area contributed by atoms with Crippen molar-refractivity contribution in [3.63, 3.8) is 0 Å². The molecule has 2 aromatic heterocycles. The zero-order chi connectivity index (χ0) is 39.3. The van der Waals surface area contributed by atoms with Crippen molar-refractivity contribution in [2.75, 3.05) is 0 Å². The number of hydrogen-bond donors (Lipinski definition) is 0. The number of benzene rings is 9. The van der Waals surface area contributed by atoms with Crippen LogP contribution >= 0.6 is 47.0 Å². The van der Waals surface area contributed by atoms with Crippen LogP contribution in [-0.2, 0) is 0 Å². The van der Waals surface area contributed by atoms with E-state index < -0.39 is 0 Å². The van der Waals surface area contributed by atoms with Crippen molar-refractivity contribution >= 4 is 90.7 Å². The van der Waals surface area contributed by atoms with Gasteiger partial charge < -0.3 is 9.13 Å². The summed E-state index contributed by atoms with van der Waals surface area (Å²) >= 11 is 7.57. The third-order valence-corrected chi connectivity index (χ3v) is 17.0. The van der Waals surface area contributed by atoms with Gasteiger partial charge in [0.05, 0.1) is 22.1 Å². The van der Waals surface area contributed by atoms with Gasteiger partial charge in [0.2, 0.25) is 0 Å². The van der Waals surface area contributed by atoms with Crippen LogP contribution in [0.2, 0.25) is 0 Å². The Morgan fingerprint density at radius 3 is 1.05 bits per heavy atom. The second kappa shape index (κ2) is 13.8. The highest BCUT2D eigenvalue weighted by Gasteiger charge is 2.26. The molecule has 282 valence electrons. The summed E-state index contributed by atoms with van der Waals surface area (Å²) in [5.41, 5.74) is 12.1. The van der Waals surface area contributed by atoms with Gasteiger partial charge in [0, 0.05) is 72.1 Å². The van der Waals surface area contributed by atoms with Crippen molar-refractivity contribution in [2.24, 2.45) is 0 Å². The Morgan fingerprint density at radius 2 is 0.633 bits per heavy atom. The third kappa shape index (κ3) is 5.41. The van der Waals surface area contributed by atoms with Crippen LogP contribution < -0.4 is 0 Å². The van der Waals surface area contributed by atoms with E-state index >= 15 is 0 Å². The van der Waals surface area contributed by atoms with E-state index in [1.807, 2.05) is 47.0 Å². The fourth-order valence-corrected chi connectivity index (χ4v) is 13.9. The van der Waals surface area contributed by atoms with E-state index in [1.54, 1.807) is 0 Å². The van der Waals surface area contributed by atoms with Crippen molar-refractivity contribution in [1.82, 2.24) is 9.13 Å². The first-order chi connectivity index (χ1) is 29.7. The Kier molecular flexibility index (Phi) is 7.98. The van der Waals surface area contributed by atoms with Crippen LogP contribution in [0.4, 0.5) is 0 Å². The Bertz CT molecular complexity index is 3300. The highest BCUT2D eigenvalue weighted by molar-refractivity contribution is 8.05. The van der Waals surface area contributed by atoms with Crippen molar-refractivity contribution in [2.45, 2.75) is 39.2 Å². The minimum atomic E-state index is 1.15. The quantitative estimate of drug-likeness (QED) is 0.175. The van der Waals surface area contributed by atoms with Gasteiger partial charge in [-0.2, -0.15) is 0 Å². The maximum atomic E-state index is 2.47. The van der Waals surface area contributed by atoms with Gasteiger partial charge in [0.1, 0.15) is 0 Å². The molecule has 0 spiro atoms. The van der Waals surface area contributed by atoms with Crippen molar-refractivity contribution < 1.29 is 0 Å². The lowest BCUT2D eigenvalue weighted by molar-refractivity contribution is 1.13. The van der Waals surface area contributed by atoms with Gasteiger partial charge in [-0.05, 0) is 119 Å². The van der Waals surface area contributed by atoms with Crippen molar-refractivity contribution in [3.8, 4) is 33.6 Å².